The molecule has 3 aromatic carbocycles. The molecule has 36 heavy (non-hydrogen) atoms. The molecule has 1 aliphatic heterocycles. The van der Waals surface area contributed by atoms with Crippen molar-refractivity contribution in [2.45, 2.75) is 32.3 Å². The number of nitrogens with zero attached hydrogens (tertiary/aromatic N) is 2. The highest BCUT2D eigenvalue weighted by atomic mass is 16.5. The molecular weight excluding hydrogens is 452 g/mol. The van der Waals surface area contributed by atoms with Crippen LogP contribution < -0.4 is 10.5 Å². The molecule has 182 valence electrons. The fourth-order valence-electron chi connectivity index (χ4n) is 5.03. The van der Waals surface area contributed by atoms with Crippen LogP contribution in [0.15, 0.2) is 83.7 Å². The van der Waals surface area contributed by atoms with E-state index < -0.39 is 12.1 Å². The van der Waals surface area contributed by atoms with Gasteiger partial charge in [0.05, 0.1) is 0 Å². The molecule has 0 bridgehead atoms. The van der Waals surface area contributed by atoms with Crippen LogP contribution in [-0.4, -0.2) is 29.1 Å². The second-order valence-electron chi connectivity index (χ2n) is 9.02. The van der Waals surface area contributed by atoms with Crippen molar-refractivity contribution in [1.82, 2.24) is 4.57 Å². The molecule has 0 saturated heterocycles. The topological polar surface area (TPSA) is 68.6 Å². The Morgan fingerprint density at radius 1 is 0.917 bits per heavy atom. The molecule has 1 aromatic heterocycles. The summed E-state index contributed by atoms with van der Waals surface area (Å²) in [6, 6.07) is 24.5. The lowest BCUT2D eigenvalue weighted by Gasteiger charge is -2.32. The molecule has 6 heteroatoms. The summed E-state index contributed by atoms with van der Waals surface area (Å²) >= 11 is 0. The van der Waals surface area contributed by atoms with E-state index in [4.69, 9.17) is 4.74 Å². The third-order valence-corrected chi connectivity index (χ3v) is 6.83. The molecule has 0 aliphatic carbocycles. The number of fused-ring (bicyclic) bond motifs is 2. The van der Waals surface area contributed by atoms with E-state index in [1.54, 1.807) is 24.1 Å². The number of pyridine rings is 1. The number of hydrogen-bond acceptors (Lipinski definition) is 4. The van der Waals surface area contributed by atoms with Gasteiger partial charge in [0, 0.05) is 30.2 Å². The van der Waals surface area contributed by atoms with Gasteiger partial charge in [-0.2, -0.15) is 0 Å². The summed E-state index contributed by atoms with van der Waals surface area (Å²) in [6.45, 7) is 2.40. The van der Waals surface area contributed by atoms with Gasteiger partial charge in [0.2, 0.25) is 0 Å². The Hall–Kier alpha value is -4.19. The summed E-state index contributed by atoms with van der Waals surface area (Å²) in [5, 5.41) is 1.19. The third kappa shape index (κ3) is 4.09. The van der Waals surface area contributed by atoms with Gasteiger partial charge in [-0.25, -0.2) is 4.79 Å². The van der Waals surface area contributed by atoms with Crippen LogP contribution in [0.3, 0.4) is 0 Å². The first-order valence-corrected chi connectivity index (χ1v) is 12.3. The van der Waals surface area contributed by atoms with Gasteiger partial charge in [-0.05, 0) is 47.9 Å². The Balaban J connectivity index is 1.56. The van der Waals surface area contributed by atoms with Crippen molar-refractivity contribution in [3.63, 3.8) is 0 Å². The Morgan fingerprint density at radius 2 is 1.58 bits per heavy atom. The van der Waals surface area contributed by atoms with Gasteiger partial charge in [0.15, 0.2) is 6.10 Å². The predicted octanol–water partition coefficient (Wildman–Crippen LogP) is 5.12. The first-order chi connectivity index (χ1) is 17.5. The van der Waals surface area contributed by atoms with E-state index in [-0.39, 0.29) is 17.2 Å². The zero-order chi connectivity index (χ0) is 25.2. The number of ether oxygens (including phenoxy) is 1. The van der Waals surface area contributed by atoms with Crippen LogP contribution in [0.2, 0.25) is 0 Å². The molecule has 2 heterocycles. The van der Waals surface area contributed by atoms with E-state index >= 15 is 0 Å². The number of aromatic nitrogens is 1. The van der Waals surface area contributed by atoms with E-state index in [1.807, 2.05) is 73.7 Å². The number of rotatable bonds is 5. The molecule has 0 spiro atoms. The SMILES string of the molecule is CCC(OC(=O)c1c(-c2ccccc2)c2ccccc2c(=O)n1C)C(=O)N1CCCc2ccccc21. The van der Waals surface area contributed by atoms with Crippen LogP contribution in [0.4, 0.5) is 5.69 Å². The number of para-hydroxylation sites is 1. The highest BCUT2D eigenvalue weighted by Gasteiger charge is 2.32. The second-order valence-corrected chi connectivity index (χ2v) is 9.02. The zero-order valence-electron chi connectivity index (χ0n) is 20.4. The van der Waals surface area contributed by atoms with E-state index in [2.05, 4.69) is 0 Å². The van der Waals surface area contributed by atoms with Crippen LogP contribution in [0.5, 0.6) is 0 Å². The van der Waals surface area contributed by atoms with Crippen LogP contribution in [0.25, 0.3) is 21.9 Å². The standard InChI is InChI=1S/C30H28N2O4/c1-3-25(29(34)32-19-11-15-20-12-7-10-18-24(20)32)36-30(35)27-26(21-13-5-4-6-14-21)22-16-8-9-17-23(22)28(33)31(27)2/h4-10,12-14,16-18,25H,3,11,15,19H2,1-2H3. The van der Waals surface area contributed by atoms with Crippen molar-refractivity contribution in [2.24, 2.45) is 7.05 Å². The molecule has 1 unspecified atom stereocenters. The fraction of sp³-hybridized carbons (Fsp3) is 0.233. The minimum atomic E-state index is -0.964. The largest absolute Gasteiger partial charge is 0.448 e. The first-order valence-electron chi connectivity index (χ1n) is 12.3. The lowest BCUT2D eigenvalue weighted by molar-refractivity contribution is -0.127. The van der Waals surface area contributed by atoms with Gasteiger partial charge in [-0.3, -0.25) is 9.59 Å². The minimum Gasteiger partial charge on any atom is -0.448 e. The highest BCUT2D eigenvalue weighted by molar-refractivity contribution is 6.07. The summed E-state index contributed by atoms with van der Waals surface area (Å²) in [5.74, 6) is -0.935. The molecule has 1 amide bonds. The van der Waals surface area contributed by atoms with Crippen molar-refractivity contribution in [2.75, 3.05) is 11.4 Å². The number of hydrogen-bond donors (Lipinski definition) is 0. The van der Waals surface area contributed by atoms with E-state index in [1.165, 1.54) is 4.57 Å². The maximum atomic E-state index is 13.7. The molecule has 6 nitrogen and oxygen atoms in total. The van der Waals surface area contributed by atoms with Crippen LogP contribution >= 0.6 is 0 Å². The lowest BCUT2D eigenvalue weighted by Crippen LogP contribution is -2.44. The average Bonchev–Trinajstić information content (AvgIpc) is 2.93. The second kappa shape index (κ2) is 9.82. The Kier molecular flexibility index (Phi) is 6.42. The van der Waals surface area contributed by atoms with Gasteiger partial charge in [0.1, 0.15) is 5.69 Å². The quantitative estimate of drug-likeness (QED) is 0.372. The lowest BCUT2D eigenvalue weighted by atomic mass is 9.96. The van der Waals surface area contributed by atoms with Crippen LogP contribution in [0.1, 0.15) is 35.8 Å². The van der Waals surface area contributed by atoms with E-state index in [0.29, 0.717) is 29.3 Å². The van der Waals surface area contributed by atoms with Gasteiger partial charge in [0.25, 0.3) is 11.5 Å². The van der Waals surface area contributed by atoms with Gasteiger partial charge < -0.3 is 14.2 Å². The molecular formula is C30H28N2O4. The van der Waals surface area contributed by atoms with E-state index in [9.17, 15) is 14.4 Å². The summed E-state index contributed by atoms with van der Waals surface area (Å²) in [7, 11) is 1.57. The highest BCUT2D eigenvalue weighted by Crippen LogP contribution is 2.32. The van der Waals surface area contributed by atoms with E-state index in [0.717, 1.165) is 29.7 Å². The monoisotopic (exact) mass is 480 g/mol. The molecule has 0 N–H and O–H groups in total. The number of amides is 1. The summed E-state index contributed by atoms with van der Waals surface area (Å²) < 4.78 is 7.21. The Labute approximate surface area is 209 Å². The number of carbonyl (C=O) groups excluding carboxylic acids is 2. The summed E-state index contributed by atoms with van der Waals surface area (Å²) in [5.41, 5.74) is 3.23. The smallest absolute Gasteiger partial charge is 0.356 e. The molecule has 4 aromatic rings. The van der Waals surface area contributed by atoms with Crippen molar-refractivity contribution in [3.8, 4) is 11.1 Å². The van der Waals surface area contributed by atoms with Gasteiger partial charge in [-0.1, -0.05) is 73.7 Å². The third-order valence-electron chi connectivity index (χ3n) is 6.83. The van der Waals surface area contributed by atoms with Crippen molar-refractivity contribution in [3.05, 3.63) is 100 Å². The normalized spacial score (nSPS) is 13.8. The van der Waals surface area contributed by atoms with Crippen LogP contribution in [-0.2, 0) is 23.0 Å². The summed E-state index contributed by atoms with van der Waals surface area (Å²) in [4.78, 5) is 42.2. The summed E-state index contributed by atoms with van der Waals surface area (Å²) in [6.07, 6.45) is 1.13. The van der Waals surface area contributed by atoms with Crippen LogP contribution in [0, 0.1) is 0 Å². The van der Waals surface area contributed by atoms with Gasteiger partial charge >= 0.3 is 5.97 Å². The molecule has 1 aliphatic rings. The maximum Gasteiger partial charge on any atom is 0.356 e. The number of aryl methyl sites for hydroxylation is 1. The Morgan fingerprint density at radius 3 is 2.33 bits per heavy atom. The Bertz CT molecular complexity index is 1510. The molecule has 0 fully saturated rings. The number of benzene rings is 3. The number of carbonyl (C=O) groups is 2. The van der Waals surface area contributed by atoms with Crippen molar-refractivity contribution >= 4 is 28.3 Å². The first kappa shape index (κ1) is 23.5. The predicted molar refractivity (Wildman–Crippen MR) is 141 cm³/mol. The molecule has 1 atom stereocenters. The molecule has 0 radical (unpaired) electrons. The zero-order valence-corrected chi connectivity index (χ0v) is 20.4. The maximum absolute atomic E-state index is 13.7. The number of esters is 1. The average molecular weight is 481 g/mol. The van der Waals surface area contributed by atoms with Gasteiger partial charge in [-0.15, -0.1) is 0 Å². The molecule has 0 saturated carbocycles. The van der Waals surface area contributed by atoms with Crippen molar-refractivity contribution < 1.29 is 14.3 Å². The fourth-order valence-corrected chi connectivity index (χ4v) is 5.03. The number of anilines is 1. The minimum absolute atomic E-state index is 0.134. The molecule has 5 rings (SSSR count). The van der Waals surface area contributed by atoms with Crippen molar-refractivity contribution in [1.29, 1.82) is 0 Å².